The van der Waals surface area contributed by atoms with Crippen LogP contribution in [0.1, 0.15) is 5.56 Å². The van der Waals surface area contributed by atoms with Gasteiger partial charge in [-0.05, 0) is 41.6 Å². The lowest BCUT2D eigenvalue weighted by molar-refractivity contribution is 0.380. The molecular weight excluding hydrogens is 371 g/mol. The molecule has 1 N–H and O–H groups in total. The average Bonchev–Trinajstić information content (AvgIpc) is 2.44. The zero-order valence-corrected chi connectivity index (χ0v) is 13.6. The Hall–Kier alpha value is -1.63. The molecule has 2 aromatic carbocycles. The largest absolute Gasteiger partial charge is 0.508 e. The first-order chi connectivity index (χ1) is 9.55. The standard InChI is InChI=1S/C15H15IO4/c1-9-13(18-2)7-11(8-14(9)19-3)20-15-6-10(17)4-5-12(15)16/h4-8,17H,1-3H3. The SMILES string of the molecule is COc1cc(Oc2cc(O)ccc2I)cc(OC)c1C. The van der Waals surface area contributed by atoms with Gasteiger partial charge in [-0.1, -0.05) is 0 Å². The molecule has 5 heteroatoms. The van der Waals surface area contributed by atoms with Crippen molar-refractivity contribution in [2.45, 2.75) is 6.92 Å². The summed E-state index contributed by atoms with van der Waals surface area (Å²) in [5.41, 5.74) is 0.910. The molecule has 4 nitrogen and oxygen atoms in total. The van der Waals surface area contributed by atoms with Crippen LogP contribution in [0.25, 0.3) is 0 Å². The maximum Gasteiger partial charge on any atom is 0.144 e. The number of aromatic hydroxyl groups is 1. The van der Waals surface area contributed by atoms with Gasteiger partial charge in [-0.3, -0.25) is 0 Å². The van der Waals surface area contributed by atoms with E-state index < -0.39 is 0 Å². The van der Waals surface area contributed by atoms with Crippen molar-refractivity contribution in [1.29, 1.82) is 0 Å². The van der Waals surface area contributed by atoms with E-state index in [-0.39, 0.29) is 5.75 Å². The van der Waals surface area contributed by atoms with Crippen LogP contribution in [0.15, 0.2) is 30.3 Å². The summed E-state index contributed by atoms with van der Waals surface area (Å²) in [6.45, 7) is 1.92. The highest BCUT2D eigenvalue weighted by molar-refractivity contribution is 14.1. The first kappa shape index (κ1) is 14.8. The Balaban J connectivity index is 2.40. The molecule has 0 saturated heterocycles. The predicted molar refractivity (Wildman–Crippen MR) is 85.2 cm³/mol. The minimum Gasteiger partial charge on any atom is -0.508 e. The lowest BCUT2D eigenvalue weighted by atomic mass is 10.2. The molecule has 2 aromatic rings. The number of hydrogen-bond acceptors (Lipinski definition) is 4. The number of phenols is 1. The molecule has 0 saturated carbocycles. The highest BCUT2D eigenvalue weighted by Gasteiger charge is 2.11. The molecule has 0 aliphatic carbocycles. The van der Waals surface area contributed by atoms with Gasteiger partial charge in [0.1, 0.15) is 28.7 Å². The van der Waals surface area contributed by atoms with Crippen LogP contribution in [0.5, 0.6) is 28.7 Å². The van der Waals surface area contributed by atoms with Gasteiger partial charge in [0.2, 0.25) is 0 Å². The molecule has 0 fully saturated rings. The molecule has 20 heavy (non-hydrogen) atoms. The monoisotopic (exact) mass is 386 g/mol. The highest BCUT2D eigenvalue weighted by Crippen LogP contribution is 2.37. The average molecular weight is 386 g/mol. The second-order valence-electron chi connectivity index (χ2n) is 4.17. The fourth-order valence-electron chi connectivity index (χ4n) is 1.82. The molecule has 0 spiro atoms. The van der Waals surface area contributed by atoms with Gasteiger partial charge in [-0.15, -0.1) is 0 Å². The van der Waals surface area contributed by atoms with Gasteiger partial charge in [-0.2, -0.15) is 0 Å². The Morgan fingerprint density at radius 2 is 1.55 bits per heavy atom. The fraction of sp³-hybridized carbons (Fsp3) is 0.200. The van der Waals surface area contributed by atoms with Gasteiger partial charge >= 0.3 is 0 Å². The van der Waals surface area contributed by atoms with E-state index in [0.29, 0.717) is 23.0 Å². The Labute approximate surface area is 131 Å². The summed E-state index contributed by atoms with van der Waals surface area (Å²) in [6, 6.07) is 8.55. The van der Waals surface area contributed by atoms with Crippen LogP contribution in [0.3, 0.4) is 0 Å². The third-order valence-electron chi connectivity index (χ3n) is 2.87. The van der Waals surface area contributed by atoms with Crippen LogP contribution in [0, 0.1) is 10.5 Å². The Morgan fingerprint density at radius 3 is 2.10 bits per heavy atom. The molecule has 0 heterocycles. The lowest BCUT2D eigenvalue weighted by Gasteiger charge is -2.14. The second-order valence-corrected chi connectivity index (χ2v) is 5.33. The topological polar surface area (TPSA) is 47.9 Å². The van der Waals surface area contributed by atoms with E-state index in [1.54, 1.807) is 44.6 Å². The van der Waals surface area contributed by atoms with Crippen molar-refractivity contribution in [3.63, 3.8) is 0 Å². The van der Waals surface area contributed by atoms with Crippen molar-refractivity contribution in [3.8, 4) is 28.7 Å². The maximum atomic E-state index is 9.53. The van der Waals surface area contributed by atoms with Crippen LogP contribution in [0.4, 0.5) is 0 Å². The third-order valence-corrected chi connectivity index (χ3v) is 3.76. The predicted octanol–water partition coefficient (Wildman–Crippen LogP) is 4.11. The van der Waals surface area contributed by atoms with Crippen molar-refractivity contribution in [3.05, 3.63) is 39.5 Å². The van der Waals surface area contributed by atoms with Gasteiger partial charge < -0.3 is 19.3 Å². The van der Waals surface area contributed by atoms with E-state index in [0.717, 1.165) is 9.13 Å². The molecule has 0 aromatic heterocycles. The minimum atomic E-state index is 0.159. The quantitative estimate of drug-likeness (QED) is 0.804. The normalized spacial score (nSPS) is 10.2. The van der Waals surface area contributed by atoms with E-state index in [4.69, 9.17) is 14.2 Å². The molecule has 2 rings (SSSR count). The van der Waals surface area contributed by atoms with Gasteiger partial charge in [0, 0.05) is 23.8 Å². The van der Waals surface area contributed by atoms with Gasteiger partial charge in [-0.25, -0.2) is 0 Å². The molecule has 0 aliphatic rings. The number of ether oxygens (including phenoxy) is 3. The van der Waals surface area contributed by atoms with Crippen molar-refractivity contribution >= 4 is 22.6 Å². The molecule has 0 atom stereocenters. The number of phenolic OH excluding ortho intramolecular Hbond substituents is 1. The Bertz CT molecular complexity index is 600. The summed E-state index contributed by atoms with van der Waals surface area (Å²) in [5.74, 6) is 2.71. The number of benzene rings is 2. The number of rotatable bonds is 4. The van der Waals surface area contributed by atoms with E-state index in [9.17, 15) is 5.11 Å². The van der Waals surface area contributed by atoms with Crippen molar-refractivity contribution < 1.29 is 19.3 Å². The highest BCUT2D eigenvalue weighted by atomic mass is 127. The van der Waals surface area contributed by atoms with E-state index >= 15 is 0 Å². The second kappa shape index (κ2) is 6.21. The van der Waals surface area contributed by atoms with Crippen LogP contribution in [-0.4, -0.2) is 19.3 Å². The first-order valence-electron chi connectivity index (χ1n) is 5.94. The molecule has 0 bridgehead atoms. The Kier molecular flexibility index (Phi) is 4.59. The smallest absolute Gasteiger partial charge is 0.144 e. The molecule has 0 amide bonds. The molecule has 106 valence electrons. The number of hydrogen-bond donors (Lipinski definition) is 1. The Morgan fingerprint density at radius 1 is 0.950 bits per heavy atom. The summed E-state index contributed by atoms with van der Waals surface area (Å²) in [6.07, 6.45) is 0. The third kappa shape index (κ3) is 3.09. The van der Waals surface area contributed by atoms with E-state index in [2.05, 4.69) is 22.6 Å². The number of methoxy groups -OCH3 is 2. The van der Waals surface area contributed by atoms with Crippen molar-refractivity contribution in [2.24, 2.45) is 0 Å². The van der Waals surface area contributed by atoms with Crippen LogP contribution in [0.2, 0.25) is 0 Å². The van der Waals surface area contributed by atoms with Gasteiger partial charge in [0.05, 0.1) is 17.8 Å². The molecule has 0 aliphatic heterocycles. The van der Waals surface area contributed by atoms with Crippen LogP contribution >= 0.6 is 22.6 Å². The summed E-state index contributed by atoms with van der Waals surface area (Å²) in [7, 11) is 3.20. The van der Waals surface area contributed by atoms with Crippen molar-refractivity contribution in [1.82, 2.24) is 0 Å². The maximum absolute atomic E-state index is 9.53. The summed E-state index contributed by atoms with van der Waals surface area (Å²) >= 11 is 2.15. The first-order valence-corrected chi connectivity index (χ1v) is 7.02. The van der Waals surface area contributed by atoms with Crippen molar-refractivity contribution in [2.75, 3.05) is 14.2 Å². The van der Waals surface area contributed by atoms with E-state index in [1.807, 2.05) is 6.92 Å². The zero-order chi connectivity index (χ0) is 14.7. The fourth-order valence-corrected chi connectivity index (χ4v) is 2.26. The summed E-state index contributed by atoms with van der Waals surface area (Å²) in [4.78, 5) is 0. The summed E-state index contributed by atoms with van der Waals surface area (Å²) in [5, 5.41) is 9.53. The zero-order valence-electron chi connectivity index (χ0n) is 11.4. The molecule has 0 radical (unpaired) electrons. The lowest BCUT2D eigenvalue weighted by Crippen LogP contribution is -1.95. The van der Waals surface area contributed by atoms with Gasteiger partial charge in [0.25, 0.3) is 0 Å². The van der Waals surface area contributed by atoms with Crippen LogP contribution in [-0.2, 0) is 0 Å². The van der Waals surface area contributed by atoms with Gasteiger partial charge in [0.15, 0.2) is 0 Å². The van der Waals surface area contributed by atoms with E-state index in [1.165, 1.54) is 0 Å². The number of halogens is 1. The summed E-state index contributed by atoms with van der Waals surface area (Å²) < 4.78 is 17.3. The van der Waals surface area contributed by atoms with Crippen LogP contribution < -0.4 is 14.2 Å². The molecular formula is C15H15IO4. The molecule has 0 unspecified atom stereocenters. The minimum absolute atomic E-state index is 0.159.